The molecule has 0 radical (unpaired) electrons. The molecule has 1 unspecified atom stereocenters. The number of anilines is 1. The van der Waals surface area contributed by atoms with E-state index >= 15 is 0 Å². The zero-order valence-electron chi connectivity index (χ0n) is 14.6. The van der Waals surface area contributed by atoms with E-state index in [1.165, 1.54) is 0 Å². The van der Waals surface area contributed by atoms with Crippen molar-refractivity contribution in [1.29, 1.82) is 0 Å². The average molecular weight is 311 g/mol. The number of nitrogens with one attached hydrogen (secondary N) is 1. The number of rotatable bonds is 5. The van der Waals surface area contributed by atoms with E-state index < -0.39 is 6.10 Å². The Balaban J connectivity index is 2.13. The van der Waals surface area contributed by atoms with Crippen molar-refractivity contribution in [2.24, 2.45) is 0 Å². The lowest BCUT2D eigenvalue weighted by Crippen LogP contribution is -2.31. The third-order valence-electron chi connectivity index (χ3n) is 4.22. The van der Waals surface area contributed by atoms with E-state index in [9.17, 15) is 4.79 Å². The Bertz CT molecular complexity index is 707. The summed E-state index contributed by atoms with van der Waals surface area (Å²) in [7, 11) is 0. The van der Waals surface area contributed by atoms with Crippen molar-refractivity contribution in [3.05, 3.63) is 58.7 Å². The Hall–Kier alpha value is -2.29. The molecule has 0 aliphatic rings. The van der Waals surface area contributed by atoms with Crippen molar-refractivity contribution < 1.29 is 9.53 Å². The van der Waals surface area contributed by atoms with Crippen molar-refractivity contribution in [3.63, 3.8) is 0 Å². The molecule has 3 heteroatoms. The minimum Gasteiger partial charge on any atom is -0.481 e. The van der Waals surface area contributed by atoms with Gasteiger partial charge in [0.15, 0.2) is 6.10 Å². The number of para-hydroxylation sites is 1. The van der Waals surface area contributed by atoms with Gasteiger partial charge in [-0.25, -0.2) is 0 Å². The van der Waals surface area contributed by atoms with Crippen LogP contribution >= 0.6 is 0 Å². The Morgan fingerprint density at radius 2 is 1.74 bits per heavy atom. The van der Waals surface area contributed by atoms with Crippen LogP contribution in [-0.2, 0) is 11.2 Å². The summed E-state index contributed by atoms with van der Waals surface area (Å²) in [5.41, 5.74) is 5.32. The van der Waals surface area contributed by atoms with Gasteiger partial charge in [0.25, 0.3) is 5.91 Å². The molecule has 1 N–H and O–H groups in total. The molecule has 0 fully saturated rings. The highest BCUT2D eigenvalue weighted by Gasteiger charge is 2.18. The second-order valence-corrected chi connectivity index (χ2v) is 5.91. The van der Waals surface area contributed by atoms with Crippen LogP contribution in [0.25, 0.3) is 0 Å². The predicted molar refractivity (Wildman–Crippen MR) is 95.2 cm³/mol. The zero-order chi connectivity index (χ0) is 17.0. The summed E-state index contributed by atoms with van der Waals surface area (Å²) < 4.78 is 5.86. The standard InChI is InChI=1S/C20H25NO2/c1-6-17-11-7-10-14(3)19(17)21-20(22)16(5)23-18-12-8-9-13(2)15(18)4/h7-12,16H,6H2,1-5H3,(H,21,22). The maximum atomic E-state index is 12.5. The summed E-state index contributed by atoms with van der Waals surface area (Å²) in [6, 6.07) is 11.9. The van der Waals surface area contributed by atoms with E-state index in [-0.39, 0.29) is 5.91 Å². The Morgan fingerprint density at radius 1 is 1.09 bits per heavy atom. The molecule has 0 spiro atoms. The van der Waals surface area contributed by atoms with Crippen LogP contribution in [0.5, 0.6) is 5.75 Å². The van der Waals surface area contributed by atoms with Gasteiger partial charge in [0.05, 0.1) is 0 Å². The van der Waals surface area contributed by atoms with Crippen LogP contribution in [0.15, 0.2) is 36.4 Å². The molecule has 0 aliphatic carbocycles. The molecule has 3 nitrogen and oxygen atoms in total. The molecular formula is C20H25NO2. The van der Waals surface area contributed by atoms with Crippen molar-refractivity contribution in [3.8, 4) is 5.75 Å². The van der Waals surface area contributed by atoms with Crippen molar-refractivity contribution in [1.82, 2.24) is 0 Å². The lowest BCUT2D eigenvalue weighted by Gasteiger charge is -2.19. The highest BCUT2D eigenvalue weighted by Crippen LogP contribution is 2.24. The first kappa shape index (κ1) is 17.1. The largest absolute Gasteiger partial charge is 0.481 e. The number of hydrogen-bond donors (Lipinski definition) is 1. The number of amides is 1. The molecule has 23 heavy (non-hydrogen) atoms. The van der Waals surface area contributed by atoms with Gasteiger partial charge in [-0.1, -0.05) is 37.3 Å². The second-order valence-electron chi connectivity index (χ2n) is 5.91. The summed E-state index contributed by atoms with van der Waals surface area (Å²) in [6.07, 6.45) is 0.323. The molecule has 2 aromatic rings. The lowest BCUT2D eigenvalue weighted by molar-refractivity contribution is -0.122. The van der Waals surface area contributed by atoms with Crippen LogP contribution in [0.1, 0.15) is 36.1 Å². The van der Waals surface area contributed by atoms with E-state index in [4.69, 9.17) is 4.74 Å². The van der Waals surface area contributed by atoms with Crippen LogP contribution in [-0.4, -0.2) is 12.0 Å². The molecule has 2 rings (SSSR count). The number of hydrogen-bond acceptors (Lipinski definition) is 2. The van der Waals surface area contributed by atoms with E-state index in [1.54, 1.807) is 6.92 Å². The molecule has 1 amide bonds. The van der Waals surface area contributed by atoms with Gasteiger partial charge in [0.1, 0.15) is 5.75 Å². The number of benzene rings is 2. The van der Waals surface area contributed by atoms with E-state index in [0.29, 0.717) is 0 Å². The lowest BCUT2D eigenvalue weighted by atomic mass is 10.1. The van der Waals surface area contributed by atoms with Gasteiger partial charge < -0.3 is 10.1 Å². The van der Waals surface area contributed by atoms with Gasteiger partial charge in [-0.15, -0.1) is 0 Å². The van der Waals surface area contributed by atoms with Gasteiger partial charge in [0, 0.05) is 5.69 Å². The molecule has 0 aliphatic heterocycles. The summed E-state index contributed by atoms with van der Waals surface area (Å²) in [4.78, 5) is 12.5. The first-order valence-corrected chi connectivity index (χ1v) is 8.06. The van der Waals surface area contributed by atoms with Gasteiger partial charge in [0.2, 0.25) is 0 Å². The Labute approximate surface area is 138 Å². The van der Waals surface area contributed by atoms with Crippen molar-refractivity contribution >= 4 is 11.6 Å². The maximum absolute atomic E-state index is 12.5. The fraction of sp³-hybridized carbons (Fsp3) is 0.350. The van der Waals surface area contributed by atoms with Gasteiger partial charge in [-0.3, -0.25) is 4.79 Å². The number of ether oxygens (including phenoxy) is 1. The second kappa shape index (κ2) is 7.32. The fourth-order valence-corrected chi connectivity index (χ4v) is 2.52. The van der Waals surface area contributed by atoms with E-state index in [2.05, 4.69) is 12.2 Å². The Kier molecular flexibility index (Phi) is 5.43. The van der Waals surface area contributed by atoms with Crippen molar-refractivity contribution in [2.75, 3.05) is 5.32 Å². The number of aryl methyl sites for hydroxylation is 3. The molecule has 0 aromatic heterocycles. The highest BCUT2D eigenvalue weighted by atomic mass is 16.5. The fourth-order valence-electron chi connectivity index (χ4n) is 2.52. The van der Waals surface area contributed by atoms with Crippen LogP contribution in [0, 0.1) is 20.8 Å². The first-order chi connectivity index (χ1) is 10.9. The molecule has 0 heterocycles. The number of carbonyl (C=O) groups excluding carboxylic acids is 1. The molecule has 1 atom stereocenters. The monoisotopic (exact) mass is 311 g/mol. The van der Waals surface area contributed by atoms with Gasteiger partial charge in [-0.05, 0) is 62.4 Å². The molecule has 0 saturated carbocycles. The Morgan fingerprint density at radius 3 is 2.43 bits per heavy atom. The van der Waals surface area contributed by atoms with Crippen LogP contribution < -0.4 is 10.1 Å². The summed E-state index contributed by atoms with van der Waals surface area (Å²) >= 11 is 0. The summed E-state index contributed by atoms with van der Waals surface area (Å²) in [5, 5.41) is 3.02. The quantitative estimate of drug-likeness (QED) is 0.877. The molecular weight excluding hydrogens is 286 g/mol. The van der Waals surface area contributed by atoms with E-state index in [0.717, 1.165) is 40.1 Å². The normalized spacial score (nSPS) is 11.9. The highest BCUT2D eigenvalue weighted by molar-refractivity contribution is 5.95. The van der Waals surface area contributed by atoms with Crippen LogP contribution in [0.2, 0.25) is 0 Å². The summed E-state index contributed by atoms with van der Waals surface area (Å²) in [6.45, 7) is 9.91. The maximum Gasteiger partial charge on any atom is 0.265 e. The summed E-state index contributed by atoms with van der Waals surface area (Å²) in [5.74, 6) is 0.628. The van der Waals surface area contributed by atoms with Gasteiger partial charge in [-0.2, -0.15) is 0 Å². The minimum atomic E-state index is -0.556. The minimum absolute atomic E-state index is 0.130. The molecule has 122 valence electrons. The van der Waals surface area contributed by atoms with Gasteiger partial charge >= 0.3 is 0 Å². The third-order valence-corrected chi connectivity index (χ3v) is 4.22. The van der Waals surface area contributed by atoms with Crippen molar-refractivity contribution in [2.45, 2.75) is 47.1 Å². The van der Waals surface area contributed by atoms with Crippen LogP contribution in [0.3, 0.4) is 0 Å². The zero-order valence-corrected chi connectivity index (χ0v) is 14.6. The average Bonchev–Trinajstić information content (AvgIpc) is 2.53. The van der Waals surface area contributed by atoms with E-state index in [1.807, 2.05) is 57.2 Å². The molecule has 2 aromatic carbocycles. The topological polar surface area (TPSA) is 38.3 Å². The molecule has 0 saturated heterocycles. The molecule has 0 bridgehead atoms. The first-order valence-electron chi connectivity index (χ1n) is 8.06. The smallest absolute Gasteiger partial charge is 0.265 e. The third kappa shape index (κ3) is 3.92. The van der Waals surface area contributed by atoms with Crippen LogP contribution in [0.4, 0.5) is 5.69 Å². The SMILES string of the molecule is CCc1cccc(C)c1NC(=O)C(C)Oc1cccc(C)c1C. The number of carbonyl (C=O) groups is 1. The predicted octanol–water partition coefficient (Wildman–Crippen LogP) is 4.58.